The molecule has 0 spiro atoms. The van der Waals surface area contributed by atoms with Crippen LogP contribution in [-0.2, 0) is 9.84 Å². The lowest BCUT2D eigenvalue weighted by atomic mass is 9.94. The molecule has 3 fully saturated rings. The van der Waals surface area contributed by atoms with Gasteiger partial charge in [-0.05, 0) is 50.9 Å². The van der Waals surface area contributed by atoms with Gasteiger partial charge < -0.3 is 10.2 Å². The van der Waals surface area contributed by atoms with Gasteiger partial charge in [0, 0.05) is 24.9 Å². The number of hydrogen-bond acceptors (Lipinski definition) is 3. The van der Waals surface area contributed by atoms with Gasteiger partial charge in [0.2, 0.25) is 0 Å². The van der Waals surface area contributed by atoms with Crippen molar-refractivity contribution in [2.45, 2.75) is 81.5 Å². The average Bonchev–Trinajstić information content (AvgIpc) is 3.17. The standard InChI is InChI=1S/C17H30N2O3S/c1-23(21,22)15-9-4-8-14(12-15)18-17(20)19-11-5-10-16(19)13-6-2-3-7-13/h13-16H,2-12H2,1H3,(H,18,20). The average molecular weight is 343 g/mol. The third-order valence-electron chi connectivity index (χ3n) is 6.06. The highest BCUT2D eigenvalue weighted by Crippen LogP contribution is 2.35. The molecule has 23 heavy (non-hydrogen) atoms. The Hall–Kier alpha value is -0.780. The fourth-order valence-electron chi connectivity index (χ4n) is 4.80. The topological polar surface area (TPSA) is 66.5 Å². The number of carbonyl (C=O) groups excluding carboxylic acids is 1. The summed E-state index contributed by atoms with van der Waals surface area (Å²) in [4.78, 5) is 14.7. The molecule has 1 heterocycles. The first kappa shape index (κ1) is 17.1. The molecule has 3 atom stereocenters. The molecule has 132 valence electrons. The molecule has 3 aliphatic rings. The number of urea groups is 1. The van der Waals surface area contributed by atoms with Gasteiger partial charge in [-0.2, -0.15) is 0 Å². The van der Waals surface area contributed by atoms with E-state index >= 15 is 0 Å². The Kier molecular flexibility index (Phi) is 5.19. The molecule has 0 bridgehead atoms. The van der Waals surface area contributed by atoms with Gasteiger partial charge in [0.1, 0.15) is 9.84 Å². The van der Waals surface area contributed by atoms with Gasteiger partial charge in [0.25, 0.3) is 0 Å². The third kappa shape index (κ3) is 4.01. The highest BCUT2D eigenvalue weighted by molar-refractivity contribution is 7.91. The lowest BCUT2D eigenvalue weighted by Crippen LogP contribution is -2.50. The molecule has 6 heteroatoms. The summed E-state index contributed by atoms with van der Waals surface area (Å²) in [5.41, 5.74) is 0. The summed E-state index contributed by atoms with van der Waals surface area (Å²) in [6.07, 6.45) is 11.8. The zero-order valence-electron chi connectivity index (χ0n) is 14.2. The second-order valence-corrected chi connectivity index (χ2v) is 10.0. The summed E-state index contributed by atoms with van der Waals surface area (Å²) < 4.78 is 23.6. The van der Waals surface area contributed by atoms with Crippen molar-refractivity contribution in [1.29, 1.82) is 0 Å². The molecule has 2 aliphatic carbocycles. The number of rotatable bonds is 3. The predicted octanol–water partition coefficient (Wildman–Crippen LogP) is 2.71. The number of likely N-dealkylation sites (tertiary alicyclic amines) is 1. The predicted molar refractivity (Wildman–Crippen MR) is 91.1 cm³/mol. The van der Waals surface area contributed by atoms with E-state index in [1.54, 1.807) is 0 Å². The van der Waals surface area contributed by atoms with Gasteiger partial charge in [-0.25, -0.2) is 13.2 Å². The van der Waals surface area contributed by atoms with Crippen LogP contribution in [-0.4, -0.2) is 49.5 Å². The highest BCUT2D eigenvalue weighted by atomic mass is 32.2. The molecule has 2 amide bonds. The first-order valence-electron chi connectivity index (χ1n) is 9.21. The second-order valence-electron chi connectivity index (χ2n) is 7.71. The van der Waals surface area contributed by atoms with E-state index < -0.39 is 9.84 Å². The van der Waals surface area contributed by atoms with Crippen LogP contribution < -0.4 is 5.32 Å². The van der Waals surface area contributed by atoms with Crippen LogP contribution in [0.25, 0.3) is 0 Å². The number of carbonyl (C=O) groups is 1. The Morgan fingerprint density at radius 3 is 2.43 bits per heavy atom. The van der Waals surface area contributed by atoms with Gasteiger partial charge in [0.15, 0.2) is 0 Å². The Bertz CT molecular complexity index is 528. The van der Waals surface area contributed by atoms with E-state index in [1.165, 1.54) is 31.9 Å². The zero-order valence-corrected chi connectivity index (χ0v) is 15.0. The maximum Gasteiger partial charge on any atom is 0.317 e. The fraction of sp³-hybridized carbons (Fsp3) is 0.941. The molecule has 0 aromatic rings. The van der Waals surface area contributed by atoms with Gasteiger partial charge in [-0.1, -0.05) is 19.3 Å². The lowest BCUT2D eigenvalue weighted by Gasteiger charge is -2.33. The number of hydrogen-bond donors (Lipinski definition) is 1. The van der Waals surface area contributed by atoms with Crippen molar-refractivity contribution < 1.29 is 13.2 Å². The lowest BCUT2D eigenvalue weighted by molar-refractivity contribution is 0.166. The van der Waals surface area contributed by atoms with E-state index in [-0.39, 0.29) is 17.3 Å². The van der Waals surface area contributed by atoms with Crippen LogP contribution in [0.3, 0.4) is 0 Å². The van der Waals surface area contributed by atoms with Crippen LogP contribution in [0.15, 0.2) is 0 Å². The van der Waals surface area contributed by atoms with Crippen molar-refractivity contribution in [3.05, 3.63) is 0 Å². The van der Waals surface area contributed by atoms with E-state index in [2.05, 4.69) is 5.32 Å². The molecule has 0 aromatic heterocycles. The molecule has 1 aliphatic heterocycles. The van der Waals surface area contributed by atoms with Crippen LogP contribution in [0.5, 0.6) is 0 Å². The Labute approximate surface area is 140 Å². The number of amides is 2. The van der Waals surface area contributed by atoms with Crippen molar-refractivity contribution in [2.24, 2.45) is 5.92 Å². The monoisotopic (exact) mass is 342 g/mol. The Morgan fingerprint density at radius 1 is 1.00 bits per heavy atom. The second kappa shape index (κ2) is 6.99. The van der Waals surface area contributed by atoms with Crippen molar-refractivity contribution in [1.82, 2.24) is 10.2 Å². The maximum atomic E-state index is 12.7. The number of sulfone groups is 1. The first-order valence-corrected chi connectivity index (χ1v) is 11.2. The van der Waals surface area contributed by atoms with Gasteiger partial charge in [-0.3, -0.25) is 0 Å². The zero-order chi connectivity index (χ0) is 16.4. The summed E-state index contributed by atoms with van der Waals surface area (Å²) in [5, 5.41) is 2.85. The molecule has 5 nitrogen and oxygen atoms in total. The van der Waals surface area contributed by atoms with E-state index in [0.717, 1.165) is 38.6 Å². The first-order chi connectivity index (χ1) is 10.9. The number of nitrogens with zero attached hydrogens (tertiary/aromatic N) is 1. The quantitative estimate of drug-likeness (QED) is 0.857. The van der Waals surface area contributed by atoms with Crippen LogP contribution in [0.1, 0.15) is 64.2 Å². The summed E-state index contributed by atoms with van der Waals surface area (Å²) >= 11 is 0. The minimum Gasteiger partial charge on any atom is -0.335 e. The highest BCUT2D eigenvalue weighted by Gasteiger charge is 2.37. The molecule has 0 radical (unpaired) electrons. The summed E-state index contributed by atoms with van der Waals surface area (Å²) in [6.45, 7) is 0.856. The van der Waals surface area contributed by atoms with Crippen LogP contribution in [0.2, 0.25) is 0 Å². The molecule has 3 rings (SSSR count). The molecule has 0 aromatic carbocycles. The smallest absolute Gasteiger partial charge is 0.317 e. The third-order valence-corrected chi connectivity index (χ3v) is 7.70. The van der Waals surface area contributed by atoms with Gasteiger partial charge in [-0.15, -0.1) is 0 Å². The van der Waals surface area contributed by atoms with Crippen molar-refractivity contribution >= 4 is 15.9 Å². The minimum absolute atomic E-state index is 0.0146. The fourth-order valence-corrected chi connectivity index (χ4v) is 5.98. The normalized spacial score (nSPS) is 33.1. The van der Waals surface area contributed by atoms with Crippen LogP contribution in [0.4, 0.5) is 4.79 Å². The largest absolute Gasteiger partial charge is 0.335 e. The maximum absolute atomic E-state index is 12.7. The van der Waals surface area contributed by atoms with Crippen molar-refractivity contribution in [2.75, 3.05) is 12.8 Å². The van der Waals surface area contributed by atoms with E-state index in [1.807, 2.05) is 4.90 Å². The summed E-state index contributed by atoms with van der Waals surface area (Å²) in [6, 6.07) is 0.464. The van der Waals surface area contributed by atoms with Crippen molar-refractivity contribution in [3.63, 3.8) is 0 Å². The van der Waals surface area contributed by atoms with Crippen LogP contribution >= 0.6 is 0 Å². The molecule has 1 N–H and O–H groups in total. The van der Waals surface area contributed by atoms with E-state index in [0.29, 0.717) is 18.4 Å². The van der Waals surface area contributed by atoms with Crippen molar-refractivity contribution in [3.8, 4) is 0 Å². The molecular weight excluding hydrogens is 312 g/mol. The van der Waals surface area contributed by atoms with Gasteiger partial charge in [0.05, 0.1) is 5.25 Å². The molecule has 2 saturated carbocycles. The SMILES string of the molecule is CS(=O)(=O)C1CCCC(NC(=O)N2CCCC2C2CCCC2)C1. The van der Waals surface area contributed by atoms with E-state index in [4.69, 9.17) is 0 Å². The van der Waals surface area contributed by atoms with Gasteiger partial charge >= 0.3 is 6.03 Å². The summed E-state index contributed by atoms with van der Waals surface area (Å²) in [5.74, 6) is 0.679. The number of nitrogens with one attached hydrogen (secondary N) is 1. The molecule has 3 unspecified atom stereocenters. The molecular formula is C17H30N2O3S. The Balaban J connectivity index is 1.57. The van der Waals surface area contributed by atoms with Crippen LogP contribution in [0, 0.1) is 5.92 Å². The van der Waals surface area contributed by atoms with E-state index in [9.17, 15) is 13.2 Å². The minimum atomic E-state index is -3.00. The summed E-state index contributed by atoms with van der Waals surface area (Å²) in [7, 11) is -3.00. The Morgan fingerprint density at radius 2 is 1.74 bits per heavy atom. The molecule has 1 saturated heterocycles.